The molecule has 0 saturated carbocycles. The second-order valence-electron chi connectivity index (χ2n) is 5.03. The van der Waals surface area contributed by atoms with Crippen molar-refractivity contribution < 1.29 is 9.53 Å². The zero-order chi connectivity index (χ0) is 15.1. The number of ether oxygens (including phenoxy) is 1. The summed E-state index contributed by atoms with van der Waals surface area (Å²) in [7, 11) is 0. The van der Waals surface area contributed by atoms with Crippen LogP contribution in [-0.4, -0.2) is 5.97 Å². The average Bonchev–Trinajstić information content (AvgIpc) is 2.72. The molecule has 0 heterocycles. The van der Waals surface area contributed by atoms with Gasteiger partial charge in [0.2, 0.25) is 0 Å². The van der Waals surface area contributed by atoms with E-state index in [9.17, 15) is 4.79 Å². The molecule has 1 aliphatic carbocycles. The Hall–Kier alpha value is -1.39. The van der Waals surface area contributed by atoms with E-state index in [4.69, 9.17) is 4.74 Å². The molecule has 3 rings (SSSR count). The second kappa shape index (κ2) is 5.43. The number of benzene rings is 2. The quantitative estimate of drug-likeness (QED) is 0.492. The number of hydrogen-bond acceptors (Lipinski definition) is 2. The van der Waals surface area contributed by atoms with Crippen LogP contribution in [0.1, 0.15) is 24.2 Å². The Bertz CT molecular complexity index is 714. The summed E-state index contributed by atoms with van der Waals surface area (Å²) in [6.45, 7) is 5.30. The highest BCUT2D eigenvalue weighted by Crippen LogP contribution is 2.47. The largest absolute Gasteiger partial charge is 0.449 e. The smallest absolute Gasteiger partial charge is 0.334 e. The third-order valence-corrected chi connectivity index (χ3v) is 4.44. The van der Waals surface area contributed by atoms with Crippen molar-refractivity contribution in [1.29, 1.82) is 0 Å². The first kappa shape index (κ1) is 14.5. The van der Waals surface area contributed by atoms with Gasteiger partial charge in [-0.3, -0.25) is 0 Å². The Labute approximate surface area is 140 Å². The van der Waals surface area contributed by atoms with Crippen LogP contribution in [0.15, 0.2) is 57.5 Å². The Morgan fingerprint density at radius 1 is 1.05 bits per heavy atom. The standard InChI is InChI=1S/C17H12Br2O2/c1-9(2)17(20)21-16-14-7-10(18)3-5-12(14)13-6-4-11(19)8-15(13)16/h3-8,16H,1H2,2H3. The highest BCUT2D eigenvalue weighted by Gasteiger charge is 2.32. The van der Waals surface area contributed by atoms with Crippen molar-refractivity contribution in [2.45, 2.75) is 13.0 Å². The minimum Gasteiger partial charge on any atom is -0.449 e. The van der Waals surface area contributed by atoms with Gasteiger partial charge in [-0.1, -0.05) is 50.6 Å². The molecular formula is C17H12Br2O2. The van der Waals surface area contributed by atoms with E-state index in [1.807, 2.05) is 36.4 Å². The van der Waals surface area contributed by atoms with Gasteiger partial charge in [-0.15, -0.1) is 0 Å². The Balaban J connectivity index is 2.15. The molecule has 106 valence electrons. The number of halogens is 2. The van der Waals surface area contributed by atoms with Gasteiger partial charge in [0.1, 0.15) is 0 Å². The monoisotopic (exact) mass is 406 g/mol. The maximum atomic E-state index is 11.9. The molecule has 0 aliphatic heterocycles. The fraction of sp³-hybridized carbons (Fsp3) is 0.118. The van der Waals surface area contributed by atoms with E-state index >= 15 is 0 Å². The van der Waals surface area contributed by atoms with Crippen molar-refractivity contribution >= 4 is 37.8 Å². The highest BCUT2D eigenvalue weighted by atomic mass is 79.9. The topological polar surface area (TPSA) is 26.3 Å². The molecular weight excluding hydrogens is 396 g/mol. The number of rotatable bonds is 2. The van der Waals surface area contributed by atoms with Crippen molar-refractivity contribution in [1.82, 2.24) is 0 Å². The molecule has 2 aromatic carbocycles. The predicted molar refractivity (Wildman–Crippen MR) is 90.0 cm³/mol. The number of carbonyl (C=O) groups is 1. The van der Waals surface area contributed by atoms with Gasteiger partial charge in [0, 0.05) is 25.6 Å². The molecule has 0 saturated heterocycles. The molecule has 21 heavy (non-hydrogen) atoms. The van der Waals surface area contributed by atoms with Gasteiger partial charge in [0.05, 0.1) is 0 Å². The van der Waals surface area contributed by atoms with Crippen LogP contribution in [0.3, 0.4) is 0 Å². The zero-order valence-corrected chi connectivity index (χ0v) is 14.5. The van der Waals surface area contributed by atoms with E-state index in [0.29, 0.717) is 5.57 Å². The predicted octanol–water partition coefficient (Wildman–Crippen LogP) is 5.40. The van der Waals surface area contributed by atoms with E-state index in [1.54, 1.807) is 6.92 Å². The SMILES string of the molecule is C=C(C)C(=O)OC1c2cc(Br)ccc2-c2ccc(Br)cc21. The van der Waals surface area contributed by atoms with Crippen molar-refractivity contribution in [2.75, 3.05) is 0 Å². The lowest BCUT2D eigenvalue weighted by molar-refractivity contribution is -0.142. The summed E-state index contributed by atoms with van der Waals surface area (Å²) in [5.74, 6) is -0.376. The molecule has 0 atom stereocenters. The van der Waals surface area contributed by atoms with Gasteiger partial charge in [-0.25, -0.2) is 4.79 Å². The molecule has 2 nitrogen and oxygen atoms in total. The summed E-state index contributed by atoms with van der Waals surface area (Å²) < 4.78 is 7.58. The van der Waals surface area contributed by atoms with E-state index in [1.165, 1.54) is 0 Å². The molecule has 4 heteroatoms. The van der Waals surface area contributed by atoms with Gasteiger partial charge in [0.25, 0.3) is 0 Å². The molecule has 0 spiro atoms. The molecule has 0 bridgehead atoms. The molecule has 0 unspecified atom stereocenters. The lowest BCUT2D eigenvalue weighted by atomic mass is 10.1. The first-order chi connectivity index (χ1) is 9.97. The molecule has 0 fully saturated rings. The van der Waals surface area contributed by atoms with Crippen LogP contribution in [-0.2, 0) is 9.53 Å². The molecule has 1 aliphatic rings. The number of hydrogen-bond donors (Lipinski definition) is 0. The summed E-state index contributed by atoms with van der Waals surface area (Å²) in [4.78, 5) is 11.9. The summed E-state index contributed by atoms with van der Waals surface area (Å²) in [6.07, 6.45) is -0.394. The van der Waals surface area contributed by atoms with Crippen molar-refractivity contribution in [3.8, 4) is 11.1 Å². The summed E-state index contributed by atoms with van der Waals surface area (Å²) in [5.41, 5.74) is 4.58. The molecule has 0 aromatic heterocycles. The molecule has 2 aromatic rings. The summed E-state index contributed by atoms with van der Waals surface area (Å²) >= 11 is 6.96. The van der Waals surface area contributed by atoms with E-state index < -0.39 is 6.10 Å². The number of carbonyl (C=O) groups excluding carboxylic acids is 1. The van der Waals surface area contributed by atoms with Gasteiger partial charge >= 0.3 is 5.97 Å². The first-order valence-electron chi connectivity index (χ1n) is 6.43. The molecule has 0 radical (unpaired) electrons. The van der Waals surface area contributed by atoms with Crippen LogP contribution < -0.4 is 0 Å². The maximum absolute atomic E-state index is 11.9. The fourth-order valence-corrected chi connectivity index (χ4v) is 3.25. The van der Waals surface area contributed by atoms with Crippen LogP contribution in [0.2, 0.25) is 0 Å². The second-order valence-corrected chi connectivity index (χ2v) is 6.86. The molecule has 0 amide bonds. The Morgan fingerprint density at radius 3 is 1.95 bits per heavy atom. The van der Waals surface area contributed by atoms with Crippen molar-refractivity contribution in [2.24, 2.45) is 0 Å². The lowest BCUT2D eigenvalue weighted by Crippen LogP contribution is -2.11. The van der Waals surface area contributed by atoms with Crippen LogP contribution in [0.4, 0.5) is 0 Å². The normalized spacial score (nSPS) is 12.7. The van der Waals surface area contributed by atoms with Gasteiger partial charge in [0.15, 0.2) is 6.10 Å². The van der Waals surface area contributed by atoms with E-state index in [-0.39, 0.29) is 5.97 Å². The van der Waals surface area contributed by atoms with Crippen LogP contribution in [0.5, 0.6) is 0 Å². The fourth-order valence-electron chi connectivity index (χ4n) is 2.49. The van der Waals surface area contributed by atoms with Gasteiger partial charge < -0.3 is 4.74 Å². The maximum Gasteiger partial charge on any atom is 0.334 e. The van der Waals surface area contributed by atoms with Crippen molar-refractivity contribution in [3.63, 3.8) is 0 Å². The highest BCUT2D eigenvalue weighted by molar-refractivity contribution is 9.10. The van der Waals surface area contributed by atoms with Gasteiger partial charge in [-0.05, 0) is 42.3 Å². The van der Waals surface area contributed by atoms with Crippen LogP contribution in [0.25, 0.3) is 11.1 Å². The van der Waals surface area contributed by atoms with Crippen LogP contribution >= 0.6 is 31.9 Å². The van der Waals surface area contributed by atoms with Gasteiger partial charge in [-0.2, -0.15) is 0 Å². The Kier molecular flexibility index (Phi) is 3.76. The van der Waals surface area contributed by atoms with E-state index in [0.717, 1.165) is 31.2 Å². The summed E-state index contributed by atoms with van der Waals surface area (Å²) in [5, 5.41) is 0. The number of esters is 1. The molecule has 0 N–H and O–H groups in total. The number of fused-ring (bicyclic) bond motifs is 3. The van der Waals surface area contributed by atoms with Crippen LogP contribution in [0, 0.1) is 0 Å². The Morgan fingerprint density at radius 2 is 1.52 bits per heavy atom. The minimum atomic E-state index is -0.394. The van der Waals surface area contributed by atoms with E-state index in [2.05, 4.69) is 38.4 Å². The minimum absolute atomic E-state index is 0.376. The third kappa shape index (κ3) is 2.58. The lowest BCUT2D eigenvalue weighted by Gasteiger charge is -2.15. The zero-order valence-electron chi connectivity index (χ0n) is 11.3. The third-order valence-electron chi connectivity index (χ3n) is 3.46. The summed E-state index contributed by atoms with van der Waals surface area (Å²) in [6, 6.07) is 12.1. The average molecular weight is 408 g/mol. The first-order valence-corrected chi connectivity index (χ1v) is 8.01. The van der Waals surface area contributed by atoms with Crippen molar-refractivity contribution in [3.05, 3.63) is 68.6 Å².